The van der Waals surface area contributed by atoms with Gasteiger partial charge in [-0.15, -0.1) is 0 Å². The Bertz CT molecular complexity index is 627. The van der Waals surface area contributed by atoms with Crippen molar-refractivity contribution in [2.75, 3.05) is 45.3 Å². The SMILES string of the molecule is COCCCC(=O)Nc1ccccc1S(=O)(=O)N1CCOCC1. The number of sulfonamides is 1. The highest BCUT2D eigenvalue weighted by Gasteiger charge is 2.28. The van der Waals surface area contributed by atoms with Gasteiger partial charge in [0.05, 0.1) is 18.9 Å². The first-order valence-corrected chi connectivity index (χ1v) is 8.95. The van der Waals surface area contributed by atoms with Crippen molar-refractivity contribution in [1.29, 1.82) is 0 Å². The van der Waals surface area contributed by atoms with Crippen LogP contribution in [0.4, 0.5) is 5.69 Å². The molecule has 1 aliphatic heterocycles. The van der Waals surface area contributed by atoms with Crippen LogP contribution in [0.1, 0.15) is 12.8 Å². The molecule has 1 amide bonds. The summed E-state index contributed by atoms with van der Waals surface area (Å²) in [6, 6.07) is 6.45. The van der Waals surface area contributed by atoms with Crippen LogP contribution in [0.2, 0.25) is 0 Å². The molecule has 23 heavy (non-hydrogen) atoms. The van der Waals surface area contributed by atoms with Crippen molar-refractivity contribution in [3.63, 3.8) is 0 Å². The van der Waals surface area contributed by atoms with E-state index in [0.717, 1.165) is 0 Å². The Hall–Kier alpha value is -1.48. The molecule has 1 N–H and O–H groups in total. The zero-order valence-corrected chi connectivity index (χ0v) is 14.0. The summed E-state index contributed by atoms with van der Waals surface area (Å²) in [6.07, 6.45) is 0.862. The molecule has 1 fully saturated rings. The Labute approximate surface area is 136 Å². The second-order valence-electron chi connectivity index (χ2n) is 5.16. The lowest BCUT2D eigenvalue weighted by Gasteiger charge is -2.26. The van der Waals surface area contributed by atoms with E-state index in [1.807, 2.05) is 0 Å². The van der Waals surface area contributed by atoms with E-state index >= 15 is 0 Å². The minimum absolute atomic E-state index is 0.113. The fourth-order valence-corrected chi connectivity index (χ4v) is 3.87. The molecule has 1 saturated heterocycles. The number of benzene rings is 1. The molecule has 0 bridgehead atoms. The summed E-state index contributed by atoms with van der Waals surface area (Å²) in [5.41, 5.74) is 0.307. The number of carbonyl (C=O) groups is 1. The van der Waals surface area contributed by atoms with E-state index in [0.29, 0.717) is 45.0 Å². The molecule has 0 spiro atoms. The molecule has 1 heterocycles. The minimum atomic E-state index is -3.65. The molecular weight excluding hydrogens is 320 g/mol. The van der Waals surface area contributed by atoms with Gasteiger partial charge in [0.2, 0.25) is 15.9 Å². The standard InChI is InChI=1S/C15H22N2O5S/c1-21-10-4-7-15(18)16-13-5-2-3-6-14(13)23(19,20)17-8-11-22-12-9-17/h2-3,5-6H,4,7-12H2,1H3,(H,16,18). The highest BCUT2D eigenvalue weighted by Crippen LogP contribution is 2.25. The van der Waals surface area contributed by atoms with Crippen LogP contribution >= 0.6 is 0 Å². The lowest BCUT2D eigenvalue weighted by atomic mass is 10.2. The van der Waals surface area contributed by atoms with Gasteiger partial charge in [-0.1, -0.05) is 12.1 Å². The fraction of sp³-hybridized carbons (Fsp3) is 0.533. The monoisotopic (exact) mass is 342 g/mol. The molecule has 128 valence electrons. The Morgan fingerprint density at radius 2 is 2.00 bits per heavy atom. The molecule has 7 nitrogen and oxygen atoms in total. The van der Waals surface area contributed by atoms with Crippen LogP contribution in [-0.2, 0) is 24.3 Å². The number of amides is 1. The largest absolute Gasteiger partial charge is 0.385 e. The van der Waals surface area contributed by atoms with E-state index in [1.54, 1.807) is 25.3 Å². The van der Waals surface area contributed by atoms with Gasteiger partial charge in [-0.3, -0.25) is 4.79 Å². The lowest BCUT2D eigenvalue weighted by Crippen LogP contribution is -2.40. The van der Waals surface area contributed by atoms with Crippen LogP contribution in [0.5, 0.6) is 0 Å². The van der Waals surface area contributed by atoms with Gasteiger partial charge in [0, 0.05) is 33.2 Å². The Kier molecular flexibility index (Phi) is 6.52. The number of rotatable bonds is 7. The Morgan fingerprint density at radius 1 is 1.30 bits per heavy atom. The molecule has 0 radical (unpaired) electrons. The highest BCUT2D eigenvalue weighted by molar-refractivity contribution is 7.89. The quantitative estimate of drug-likeness (QED) is 0.749. The van der Waals surface area contributed by atoms with E-state index in [2.05, 4.69) is 5.32 Å². The maximum Gasteiger partial charge on any atom is 0.245 e. The van der Waals surface area contributed by atoms with Gasteiger partial charge in [-0.05, 0) is 18.6 Å². The van der Waals surface area contributed by atoms with Gasteiger partial charge in [-0.25, -0.2) is 8.42 Å². The molecule has 0 saturated carbocycles. The minimum Gasteiger partial charge on any atom is -0.385 e. The van der Waals surface area contributed by atoms with Crippen molar-refractivity contribution in [2.24, 2.45) is 0 Å². The third-order valence-electron chi connectivity index (χ3n) is 3.50. The van der Waals surface area contributed by atoms with Crippen molar-refractivity contribution in [1.82, 2.24) is 4.31 Å². The van der Waals surface area contributed by atoms with Gasteiger partial charge in [0.15, 0.2) is 0 Å². The maximum atomic E-state index is 12.7. The first-order valence-electron chi connectivity index (χ1n) is 7.51. The lowest BCUT2D eigenvalue weighted by molar-refractivity contribution is -0.116. The predicted octanol–water partition coefficient (Wildman–Crippen LogP) is 1.07. The number of hydrogen-bond donors (Lipinski definition) is 1. The summed E-state index contributed by atoms with van der Waals surface area (Å²) in [4.78, 5) is 12.1. The van der Waals surface area contributed by atoms with Crippen LogP contribution in [0.3, 0.4) is 0 Å². The molecule has 1 aromatic carbocycles. The molecule has 0 atom stereocenters. The van der Waals surface area contributed by atoms with Crippen LogP contribution in [0, 0.1) is 0 Å². The number of morpholine rings is 1. The summed E-state index contributed by atoms with van der Waals surface area (Å²) in [6.45, 7) is 1.88. The van der Waals surface area contributed by atoms with E-state index < -0.39 is 10.0 Å². The number of anilines is 1. The number of para-hydroxylation sites is 1. The van der Waals surface area contributed by atoms with E-state index in [4.69, 9.17) is 9.47 Å². The number of ether oxygens (including phenoxy) is 2. The number of nitrogens with one attached hydrogen (secondary N) is 1. The number of methoxy groups -OCH3 is 1. The van der Waals surface area contributed by atoms with Crippen LogP contribution < -0.4 is 5.32 Å². The fourth-order valence-electron chi connectivity index (χ4n) is 2.31. The van der Waals surface area contributed by atoms with E-state index in [1.165, 1.54) is 10.4 Å². The average Bonchev–Trinajstić information content (AvgIpc) is 2.56. The van der Waals surface area contributed by atoms with Gasteiger partial charge < -0.3 is 14.8 Å². The van der Waals surface area contributed by atoms with Gasteiger partial charge >= 0.3 is 0 Å². The van der Waals surface area contributed by atoms with Gasteiger partial charge in [0.1, 0.15) is 4.90 Å². The molecule has 0 unspecified atom stereocenters. The summed E-state index contributed by atoms with van der Waals surface area (Å²) in [5, 5.41) is 2.68. The number of nitrogens with zero attached hydrogens (tertiary/aromatic N) is 1. The molecular formula is C15H22N2O5S. The topological polar surface area (TPSA) is 84.9 Å². The smallest absolute Gasteiger partial charge is 0.245 e. The zero-order valence-electron chi connectivity index (χ0n) is 13.2. The van der Waals surface area contributed by atoms with Crippen LogP contribution in [0.25, 0.3) is 0 Å². The summed E-state index contributed by atoms with van der Waals surface area (Å²) in [5.74, 6) is -0.230. The predicted molar refractivity (Wildman–Crippen MR) is 85.8 cm³/mol. The first-order chi connectivity index (χ1) is 11.1. The third kappa shape index (κ3) is 4.74. The number of hydrogen-bond acceptors (Lipinski definition) is 5. The summed E-state index contributed by atoms with van der Waals surface area (Å²) in [7, 11) is -2.08. The average molecular weight is 342 g/mol. The van der Waals surface area contributed by atoms with E-state index in [-0.39, 0.29) is 17.2 Å². The normalized spacial score (nSPS) is 16.2. The van der Waals surface area contributed by atoms with Crippen LogP contribution in [0.15, 0.2) is 29.2 Å². The van der Waals surface area contributed by atoms with E-state index in [9.17, 15) is 13.2 Å². The third-order valence-corrected chi connectivity index (χ3v) is 5.46. The molecule has 1 aliphatic rings. The van der Waals surface area contributed by atoms with Crippen molar-refractivity contribution < 1.29 is 22.7 Å². The second kappa shape index (κ2) is 8.39. The second-order valence-corrected chi connectivity index (χ2v) is 7.06. The maximum absolute atomic E-state index is 12.7. The molecule has 0 aromatic heterocycles. The van der Waals surface area contributed by atoms with Crippen molar-refractivity contribution in [2.45, 2.75) is 17.7 Å². The zero-order chi connectivity index (χ0) is 16.7. The van der Waals surface area contributed by atoms with Crippen LogP contribution in [-0.4, -0.2) is 58.7 Å². The van der Waals surface area contributed by atoms with Crippen molar-refractivity contribution in [3.8, 4) is 0 Å². The highest BCUT2D eigenvalue weighted by atomic mass is 32.2. The summed E-state index contributed by atoms with van der Waals surface area (Å²) < 4.78 is 37.0. The van der Waals surface area contributed by atoms with Gasteiger partial charge in [-0.2, -0.15) is 4.31 Å². The van der Waals surface area contributed by atoms with Crippen molar-refractivity contribution >= 4 is 21.6 Å². The molecule has 1 aromatic rings. The van der Waals surface area contributed by atoms with Gasteiger partial charge in [0.25, 0.3) is 0 Å². The number of carbonyl (C=O) groups excluding carboxylic acids is 1. The Balaban J connectivity index is 2.14. The first kappa shape index (κ1) is 17.9. The Morgan fingerprint density at radius 3 is 2.70 bits per heavy atom. The molecule has 8 heteroatoms. The van der Waals surface area contributed by atoms with Crippen molar-refractivity contribution in [3.05, 3.63) is 24.3 Å². The molecule has 2 rings (SSSR count). The molecule has 0 aliphatic carbocycles. The summed E-state index contributed by atoms with van der Waals surface area (Å²) >= 11 is 0.